The summed E-state index contributed by atoms with van der Waals surface area (Å²) in [5.74, 6) is 1.78. The van der Waals surface area contributed by atoms with Gasteiger partial charge >= 0.3 is 0 Å². The molecule has 1 aliphatic rings. The Morgan fingerprint density at radius 1 is 1.57 bits per heavy atom. The molecule has 0 nitrogen and oxygen atoms in total. The molecule has 0 radical (unpaired) electrons. The Morgan fingerprint density at radius 3 is 2.29 bits per heavy atom. The van der Waals surface area contributed by atoms with Crippen LogP contribution in [0.4, 0.5) is 0 Å². The molecule has 0 aromatic carbocycles. The van der Waals surface area contributed by atoms with Crippen molar-refractivity contribution in [2.24, 2.45) is 11.8 Å². The lowest BCUT2D eigenvalue weighted by Crippen LogP contribution is -2.19. The van der Waals surface area contributed by atoms with Crippen LogP contribution in [0.1, 0.15) is 19.8 Å². The van der Waals surface area contributed by atoms with E-state index in [-0.39, 0.29) is 0 Å². The van der Waals surface area contributed by atoms with Gasteiger partial charge in [-0.1, -0.05) is 13.0 Å². The molecule has 0 heteroatoms. The molecule has 0 saturated heterocycles. The van der Waals surface area contributed by atoms with Gasteiger partial charge in [0.2, 0.25) is 0 Å². The van der Waals surface area contributed by atoms with Crippen LogP contribution >= 0.6 is 0 Å². The van der Waals surface area contributed by atoms with Gasteiger partial charge < -0.3 is 0 Å². The zero-order valence-electron chi connectivity index (χ0n) is 4.85. The largest absolute Gasteiger partial charge is 0.103 e. The van der Waals surface area contributed by atoms with E-state index in [1.54, 1.807) is 0 Å². The van der Waals surface area contributed by atoms with Crippen molar-refractivity contribution in [2.75, 3.05) is 0 Å². The Hall–Kier alpha value is -0.260. The number of rotatable bonds is 1. The van der Waals surface area contributed by atoms with Crippen molar-refractivity contribution in [3.05, 3.63) is 12.7 Å². The van der Waals surface area contributed by atoms with E-state index in [0.29, 0.717) is 0 Å². The first-order valence-electron chi connectivity index (χ1n) is 2.97. The van der Waals surface area contributed by atoms with Crippen molar-refractivity contribution in [1.82, 2.24) is 0 Å². The molecule has 0 spiro atoms. The average molecular weight is 96.2 g/mol. The van der Waals surface area contributed by atoms with Crippen molar-refractivity contribution >= 4 is 0 Å². The van der Waals surface area contributed by atoms with Crippen LogP contribution in [0.2, 0.25) is 0 Å². The summed E-state index contributed by atoms with van der Waals surface area (Å²) >= 11 is 0. The van der Waals surface area contributed by atoms with E-state index in [4.69, 9.17) is 0 Å². The van der Waals surface area contributed by atoms with Crippen molar-refractivity contribution in [2.45, 2.75) is 19.8 Å². The predicted octanol–water partition coefficient (Wildman–Crippen LogP) is 2.22. The third-order valence-electron chi connectivity index (χ3n) is 1.99. The van der Waals surface area contributed by atoms with E-state index >= 15 is 0 Å². The lowest BCUT2D eigenvalue weighted by molar-refractivity contribution is 0.252. The Morgan fingerprint density at radius 2 is 2.29 bits per heavy atom. The van der Waals surface area contributed by atoms with Gasteiger partial charge in [0.05, 0.1) is 0 Å². The highest BCUT2D eigenvalue weighted by molar-refractivity contribution is 4.89. The molecule has 1 aliphatic carbocycles. The normalized spacial score (nSPS) is 39.6. The summed E-state index contributed by atoms with van der Waals surface area (Å²) in [5.41, 5.74) is 0. The van der Waals surface area contributed by atoms with Crippen LogP contribution in [0, 0.1) is 11.8 Å². The van der Waals surface area contributed by atoms with Crippen molar-refractivity contribution in [3.63, 3.8) is 0 Å². The molecule has 0 unspecified atom stereocenters. The van der Waals surface area contributed by atoms with E-state index in [2.05, 4.69) is 19.6 Å². The van der Waals surface area contributed by atoms with E-state index in [1.807, 2.05) is 0 Å². The minimum Gasteiger partial charge on any atom is -0.103 e. The first kappa shape index (κ1) is 4.89. The maximum Gasteiger partial charge on any atom is -0.0210 e. The molecule has 2 atom stereocenters. The molecule has 0 N–H and O–H groups in total. The van der Waals surface area contributed by atoms with Gasteiger partial charge in [0.1, 0.15) is 0 Å². The van der Waals surface area contributed by atoms with Crippen molar-refractivity contribution in [1.29, 1.82) is 0 Å². The number of hydrogen-bond acceptors (Lipinski definition) is 0. The first-order chi connectivity index (χ1) is 3.34. The zero-order chi connectivity index (χ0) is 5.28. The second kappa shape index (κ2) is 1.69. The van der Waals surface area contributed by atoms with Gasteiger partial charge in [-0.2, -0.15) is 0 Å². The summed E-state index contributed by atoms with van der Waals surface area (Å²) in [7, 11) is 0. The SMILES string of the molecule is C=C[C@H]1CC[C@H]1C. The van der Waals surface area contributed by atoms with E-state index < -0.39 is 0 Å². The van der Waals surface area contributed by atoms with Gasteiger partial charge in [0, 0.05) is 0 Å². The Labute approximate surface area is 45.2 Å². The molecular formula is C7H12. The molecule has 7 heavy (non-hydrogen) atoms. The summed E-state index contributed by atoms with van der Waals surface area (Å²) in [6.45, 7) is 6.02. The van der Waals surface area contributed by atoms with Crippen molar-refractivity contribution in [3.8, 4) is 0 Å². The smallest absolute Gasteiger partial charge is 0.0210 e. The van der Waals surface area contributed by atoms with Crippen LogP contribution in [-0.4, -0.2) is 0 Å². The second-order valence-corrected chi connectivity index (χ2v) is 2.45. The summed E-state index contributed by atoms with van der Waals surface area (Å²) in [6, 6.07) is 0. The fraction of sp³-hybridized carbons (Fsp3) is 0.714. The zero-order valence-corrected chi connectivity index (χ0v) is 4.85. The highest BCUT2D eigenvalue weighted by Gasteiger charge is 2.22. The molecule has 1 fully saturated rings. The van der Waals surface area contributed by atoms with Crippen LogP contribution in [0.5, 0.6) is 0 Å². The summed E-state index contributed by atoms with van der Waals surface area (Å²) in [4.78, 5) is 0. The minimum atomic E-state index is 0.847. The number of allylic oxidation sites excluding steroid dienone is 1. The van der Waals surface area contributed by atoms with Crippen LogP contribution in [-0.2, 0) is 0 Å². The third kappa shape index (κ3) is 0.696. The second-order valence-electron chi connectivity index (χ2n) is 2.45. The Kier molecular flexibility index (Phi) is 1.18. The molecule has 0 aromatic rings. The Balaban J connectivity index is 2.28. The maximum atomic E-state index is 3.73. The first-order valence-corrected chi connectivity index (χ1v) is 2.97. The molecule has 1 rings (SSSR count). The molecular weight excluding hydrogens is 84.1 g/mol. The lowest BCUT2D eigenvalue weighted by Gasteiger charge is -2.30. The van der Waals surface area contributed by atoms with Gasteiger partial charge in [-0.3, -0.25) is 0 Å². The summed E-state index contributed by atoms with van der Waals surface area (Å²) in [5, 5.41) is 0. The quantitative estimate of drug-likeness (QED) is 0.439. The summed E-state index contributed by atoms with van der Waals surface area (Å²) < 4.78 is 0. The van der Waals surface area contributed by atoms with Crippen LogP contribution in [0.15, 0.2) is 12.7 Å². The van der Waals surface area contributed by atoms with Gasteiger partial charge in [-0.05, 0) is 24.7 Å². The standard InChI is InChI=1S/C7H12/c1-3-7-5-4-6(7)2/h3,6-7H,1,4-5H2,2H3/t6-,7+/m1/s1. The molecule has 0 bridgehead atoms. The highest BCUT2D eigenvalue weighted by Crippen LogP contribution is 2.33. The Bertz CT molecular complexity index is 74.1. The molecule has 0 aliphatic heterocycles. The van der Waals surface area contributed by atoms with E-state index in [0.717, 1.165) is 11.8 Å². The predicted molar refractivity (Wildman–Crippen MR) is 32.1 cm³/mol. The minimum absolute atomic E-state index is 0.847. The molecule has 0 aromatic heterocycles. The number of hydrogen-bond donors (Lipinski definition) is 0. The third-order valence-corrected chi connectivity index (χ3v) is 1.99. The van der Waals surface area contributed by atoms with Crippen LogP contribution in [0.3, 0.4) is 0 Å². The van der Waals surface area contributed by atoms with E-state index in [1.165, 1.54) is 12.8 Å². The monoisotopic (exact) mass is 96.1 g/mol. The maximum absolute atomic E-state index is 3.73. The van der Waals surface area contributed by atoms with E-state index in [9.17, 15) is 0 Å². The van der Waals surface area contributed by atoms with Crippen molar-refractivity contribution < 1.29 is 0 Å². The van der Waals surface area contributed by atoms with Crippen LogP contribution in [0.25, 0.3) is 0 Å². The highest BCUT2D eigenvalue weighted by atomic mass is 14.3. The molecule has 1 saturated carbocycles. The van der Waals surface area contributed by atoms with Gasteiger partial charge in [0.15, 0.2) is 0 Å². The fourth-order valence-electron chi connectivity index (χ4n) is 1.04. The molecule has 0 heterocycles. The van der Waals surface area contributed by atoms with Crippen LogP contribution < -0.4 is 0 Å². The fourth-order valence-corrected chi connectivity index (χ4v) is 1.04. The molecule has 40 valence electrons. The van der Waals surface area contributed by atoms with Gasteiger partial charge in [0.25, 0.3) is 0 Å². The molecule has 0 amide bonds. The average Bonchev–Trinajstić information content (AvgIpc) is 1.65. The van der Waals surface area contributed by atoms with Gasteiger partial charge in [-0.15, -0.1) is 6.58 Å². The summed E-state index contributed by atoms with van der Waals surface area (Å²) in [6.07, 6.45) is 4.87. The topological polar surface area (TPSA) is 0 Å². The lowest BCUT2D eigenvalue weighted by atomic mass is 9.75. The van der Waals surface area contributed by atoms with Gasteiger partial charge in [-0.25, -0.2) is 0 Å².